The average Bonchev–Trinajstić information content (AvgIpc) is 2.80. The quantitative estimate of drug-likeness (QED) is 0.695. The SMILES string of the molecule is CCC(C)(C)C(=O)N1CCC(Oc2ccc(N(C(=O)C3CNC3)c3cccnc3)cc2)CC1. The smallest absolute Gasteiger partial charge is 0.237 e. The number of benzene rings is 1. The van der Waals surface area contributed by atoms with Gasteiger partial charge < -0.3 is 15.0 Å². The first kappa shape index (κ1) is 23.2. The highest BCUT2D eigenvalue weighted by Crippen LogP contribution is 2.31. The molecule has 2 saturated heterocycles. The first-order valence-electron chi connectivity index (χ1n) is 11.9. The number of likely N-dealkylation sites (tertiary alicyclic amines) is 1. The maximum absolute atomic E-state index is 13.1. The van der Waals surface area contributed by atoms with Crippen molar-refractivity contribution in [2.45, 2.75) is 46.1 Å². The van der Waals surface area contributed by atoms with Gasteiger partial charge in [-0.2, -0.15) is 0 Å². The molecular formula is C26H34N4O3. The molecule has 0 radical (unpaired) electrons. The predicted molar refractivity (Wildman–Crippen MR) is 128 cm³/mol. The molecule has 0 bridgehead atoms. The second-order valence-corrected chi connectivity index (χ2v) is 9.58. The maximum Gasteiger partial charge on any atom is 0.237 e. The van der Waals surface area contributed by atoms with Gasteiger partial charge in [-0.1, -0.05) is 20.8 Å². The lowest BCUT2D eigenvalue weighted by atomic mass is 9.87. The van der Waals surface area contributed by atoms with Gasteiger partial charge in [-0.25, -0.2) is 0 Å². The van der Waals surface area contributed by atoms with Gasteiger partial charge in [0.15, 0.2) is 0 Å². The molecule has 7 nitrogen and oxygen atoms in total. The van der Waals surface area contributed by atoms with E-state index in [1.54, 1.807) is 17.3 Å². The highest BCUT2D eigenvalue weighted by atomic mass is 16.5. The lowest BCUT2D eigenvalue weighted by Gasteiger charge is -2.36. The van der Waals surface area contributed by atoms with E-state index >= 15 is 0 Å². The Balaban J connectivity index is 1.40. The number of hydrogen-bond donors (Lipinski definition) is 1. The van der Waals surface area contributed by atoms with Crippen LogP contribution in [0.4, 0.5) is 11.4 Å². The van der Waals surface area contributed by atoms with Crippen molar-refractivity contribution in [3.63, 3.8) is 0 Å². The Hall–Kier alpha value is -2.93. The molecule has 7 heteroatoms. The van der Waals surface area contributed by atoms with Crippen molar-refractivity contribution in [2.24, 2.45) is 11.3 Å². The van der Waals surface area contributed by atoms with Crippen LogP contribution in [-0.4, -0.2) is 54.0 Å². The fraction of sp³-hybridized carbons (Fsp3) is 0.500. The lowest BCUT2D eigenvalue weighted by molar-refractivity contribution is -0.142. The van der Waals surface area contributed by atoms with Gasteiger partial charge >= 0.3 is 0 Å². The van der Waals surface area contributed by atoms with Crippen LogP contribution in [0.3, 0.4) is 0 Å². The number of piperidine rings is 1. The van der Waals surface area contributed by atoms with Crippen LogP contribution in [0, 0.1) is 11.3 Å². The Kier molecular flexibility index (Phi) is 6.98. The molecular weight excluding hydrogens is 416 g/mol. The van der Waals surface area contributed by atoms with Gasteiger partial charge in [-0.05, 0) is 42.8 Å². The summed E-state index contributed by atoms with van der Waals surface area (Å²) in [5.41, 5.74) is 1.25. The van der Waals surface area contributed by atoms with Crippen molar-refractivity contribution in [1.29, 1.82) is 0 Å². The fourth-order valence-electron chi connectivity index (χ4n) is 4.16. The zero-order valence-electron chi connectivity index (χ0n) is 19.8. The van der Waals surface area contributed by atoms with Crippen LogP contribution in [0.15, 0.2) is 48.8 Å². The highest BCUT2D eigenvalue weighted by Gasteiger charge is 2.33. The number of ether oxygens (including phenoxy) is 1. The normalized spacial score (nSPS) is 17.4. The van der Waals surface area contributed by atoms with Crippen LogP contribution in [-0.2, 0) is 9.59 Å². The molecule has 2 fully saturated rings. The molecule has 0 saturated carbocycles. The van der Waals surface area contributed by atoms with E-state index < -0.39 is 0 Å². The van der Waals surface area contributed by atoms with Gasteiger partial charge in [0.05, 0.1) is 17.8 Å². The number of carbonyl (C=O) groups excluding carboxylic acids is 2. The number of anilines is 2. The Labute approximate surface area is 196 Å². The number of nitrogens with one attached hydrogen (secondary N) is 1. The van der Waals surface area contributed by atoms with Crippen LogP contribution in [0.2, 0.25) is 0 Å². The molecule has 176 valence electrons. The van der Waals surface area contributed by atoms with Gasteiger partial charge in [-0.3, -0.25) is 19.5 Å². The lowest BCUT2D eigenvalue weighted by Crippen LogP contribution is -2.51. The second-order valence-electron chi connectivity index (χ2n) is 9.58. The molecule has 0 aliphatic carbocycles. The Bertz CT molecular complexity index is 949. The molecule has 33 heavy (non-hydrogen) atoms. The molecule has 1 aromatic carbocycles. The molecule has 4 rings (SSSR count). The number of hydrogen-bond acceptors (Lipinski definition) is 5. The molecule has 1 aromatic heterocycles. The molecule has 1 N–H and O–H groups in total. The number of nitrogens with zero attached hydrogens (tertiary/aromatic N) is 3. The van der Waals surface area contributed by atoms with Gasteiger partial charge in [0.2, 0.25) is 11.8 Å². The van der Waals surface area contributed by atoms with Gasteiger partial charge in [0, 0.05) is 56.3 Å². The van der Waals surface area contributed by atoms with E-state index in [1.165, 1.54) is 0 Å². The minimum atomic E-state index is -0.309. The van der Waals surface area contributed by atoms with Crippen molar-refractivity contribution in [1.82, 2.24) is 15.2 Å². The third kappa shape index (κ3) is 5.19. The molecule has 0 atom stereocenters. The molecule has 2 aliphatic heterocycles. The van der Waals surface area contributed by atoms with Gasteiger partial charge in [0.1, 0.15) is 11.9 Å². The number of rotatable bonds is 7. The second kappa shape index (κ2) is 9.91. The minimum absolute atomic E-state index is 0.0216. The number of carbonyl (C=O) groups is 2. The summed E-state index contributed by atoms with van der Waals surface area (Å²) < 4.78 is 6.21. The van der Waals surface area contributed by atoms with E-state index in [2.05, 4.69) is 17.2 Å². The largest absolute Gasteiger partial charge is 0.490 e. The molecule has 0 spiro atoms. The molecule has 2 aliphatic rings. The summed E-state index contributed by atoms with van der Waals surface area (Å²) in [6.07, 6.45) is 5.98. The van der Waals surface area contributed by atoms with Gasteiger partial charge in [-0.15, -0.1) is 0 Å². The molecule has 3 heterocycles. The fourth-order valence-corrected chi connectivity index (χ4v) is 4.16. The topological polar surface area (TPSA) is 74.8 Å². The standard InChI is InChI=1S/C26H34N4O3/c1-4-26(2,3)25(32)29-14-11-23(12-15-29)33-22-9-7-20(8-10-22)30(21-6-5-13-27-18-21)24(31)19-16-28-17-19/h5-10,13,18-19,23,28H,4,11-12,14-17H2,1-3H3. The zero-order chi connectivity index (χ0) is 23.4. The van der Waals surface area contributed by atoms with E-state index in [4.69, 9.17) is 4.74 Å². The van der Waals surface area contributed by atoms with Crippen LogP contribution in [0.25, 0.3) is 0 Å². The van der Waals surface area contributed by atoms with Crippen molar-refractivity contribution in [3.05, 3.63) is 48.8 Å². The maximum atomic E-state index is 13.1. The summed E-state index contributed by atoms with van der Waals surface area (Å²) >= 11 is 0. The Morgan fingerprint density at radius 1 is 1.12 bits per heavy atom. The monoisotopic (exact) mass is 450 g/mol. The first-order valence-corrected chi connectivity index (χ1v) is 11.9. The van der Waals surface area contributed by atoms with Crippen LogP contribution in [0.5, 0.6) is 5.75 Å². The number of amides is 2. The number of aromatic nitrogens is 1. The predicted octanol–water partition coefficient (Wildman–Crippen LogP) is 3.77. The summed E-state index contributed by atoms with van der Waals surface area (Å²) in [5.74, 6) is 1.06. The van der Waals surface area contributed by atoms with E-state index in [1.807, 2.05) is 55.1 Å². The third-order valence-electron chi connectivity index (χ3n) is 6.84. The van der Waals surface area contributed by atoms with Crippen molar-refractivity contribution < 1.29 is 14.3 Å². The van der Waals surface area contributed by atoms with Gasteiger partial charge in [0.25, 0.3) is 0 Å². The van der Waals surface area contributed by atoms with Crippen molar-refractivity contribution in [2.75, 3.05) is 31.1 Å². The Morgan fingerprint density at radius 3 is 2.36 bits per heavy atom. The molecule has 0 unspecified atom stereocenters. The summed E-state index contributed by atoms with van der Waals surface area (Å²) in [4.78, 5) is 33.7. The zero-order valence-corrected chi connectivity index (χ0v) is 19.8. The van der Waals surface area contributed by atoms with E-state index in [9.17, 15) is 9.59 Å². The van der Waals surface area contributed by atoms with Crippen LogP contribution >= 0.6 is 0 Å². The van der Waals surface area contributed by atoms with Crippen molar-refractivity contribution >= 4 is 23.2 Å². The minimum Gasteiger partial charge on any atom is -0.490 e. The van der Waals surface area contributed by atoms with E-state index in [0.717, 1.165) is 49.5 Å². The number of pyridine rings is 1. The highest BCUT2D eigenvalue weighted by molar-refractivity contribution is 6.02. The van der Waals surface area contributed by atoms with Crippen LogP contribution in [0.1, 0.15) is 40.0 Å². The van der Waals surface area contributed by atoms with E-state index in [0.29, 0.717) is 13.1 Å². The summed E-state index contributed by atoms with van der Waals surface area (Å²) in [7, 11) is 0. The first-order chi connectivity index (χ1) is 15.9. The molecule has 2 aromatic rings. The van der Waals surface area contributed by atoms with Crippen LogP contribution < -0.4 is 15.0 Å². The third-order valence-corrected chi connectivity index (χ3v) is 6.84. The summed E-state index contributed by atoms with van der Waals surface area (Å²) in [5, 5.41) is 3.17. The average molecular weight is 451 g/mol. The van der Waals surface area contributed by atoms with Crippen molar-refractivity contribution in [3.8, 4) is 5.75 Å². The van der Waals surface area contributed by atoms with E-state index in [-0.39, 0.29) is 29.3 Å². The summed E-state index contributed by atoms with van der Waals surface area (Å²) in [6.45, 7) is 8.94. The summed E-state index contributed by atoms with van der Waals surface area (Å²) in [6, 6.07) is 11.4. The molecule has 2 amide bonds. The Morgan fingerprint density at radius 2 is 1.82 bits per heavy atom.